The van der Waals surface area contributed by atoms with Crippen LogP contribution in [0, 0.1) is 6.92 Å². The number of nitrogens with zero attached hydrogens (tertiary/aromatic N) is 1. The summed E-state index contributed by atoms with van der Waals surface area (Å²) >= 11 is 0. The molecule has 1 N–H and O–H groups in total. The normalized spacial score (nSPS) is 15.5. The summed E-state index contributed by atoms with van der Waals surface area (Å²) < 4.78 is 27.4. The minimum absolute atomic E-state index is 0.168. The number of carbonyl (C=O) groups is 1. The summed E-state index contributed by atoms with van der Waals surface area (Å²) in [5.74, 6) is -0.204. The Kier molecular flexibility index (Phi) is 4.92. The van der Waals surface area contributed by atoms with Crippen LogP contribution in [0.3, 0.4) is 0 Å². The quantitative estimate of drug-likeness (QED) is 0.912. The number of hydrogen-bond donors (Lipinski definition) is 1. The van der Waals surface area contributed by atoms with Gasteiger partial charge in [0.2, 0.25) is 15.9 Å². The van der Waals surface area contributed by atoms with Crippen LogP contribution in [0.25, 0.3) is 0 Å². The molecule has 2 aromatic carbocycles. The molecule has 0 aromatic heterocycles. The summed E-state index contributed by atoms with van der Waals surface area (Å²) in [6, 6.07) is 13.8. The van der Waals surface area contributed by atoms with Gasteiger partial charge in [-0.1, -0.05) is 42.0 Å². The zero-order valence-corrected chi connectivity index (χ0v) is 15.2. The molecule has 132 valence electrons. The van der Waals surface area contributed by atoms with Gasteiger partial charge < -0.3 is 4.90 Å². The molecule has 25 heavy (non-hydrogen) atoms. The van der Waals surface area contributed by atoms with Crippen molar-refractivity contribution in [2.24, 2.45) is 0 Å². The van der Waals surface area contributed by atoms with Crippen molar-refractivity contribution < 1.29 is 13.2 Å². The minimum Gasteiger partial charge on any atom is -0.337 e. The van der Waals surface area contributed by atoms with Crippen LogP contribution in [0.4, 0.5) is 0 Å². The first-order valence-electron chi connectivity index (χ1n) is 8.31. The fourth-order valence-corrected chi connectivity index (χ4v) is 4.22. The Morgan fingerprint density at radius 1 is 1.08 bits per heavy atom. The third-order valence-electron chi connectivity index (χ3n) is 4.48. The zero-order valence-electron chi connectivity index (χ0n) is 14.4. The Morgan fingerprint density at radius 2 is 1.72 bits per heavy atom. The van der Waals surface area contributed by atoms with Gasteiger partial charge >= 0.3 is 0 Å². The van der Waals surface area contributed by atoms with E-state index in [-0.39, 0.29) is 10.8 Å². The lowest BCUT2D eigenvalue weighted by Gasteiger charge is -2.31. The first-order valence-corrected chi connectivity index (χ1v) is 9.80. The lowest BCUT2D eigenvalue weighted by atomic mass is 9.99. The van der Waals surface area contributed by atoms with Gasteiger partial charge in [0, 0.05) is 13.1 Å². The van der Waals surface area contributed by atoms with Gasteiger partial charge in [-0.3, -0.25) is 4.79 Å². The maximum absolute atomic E-state index is 12.7. The number of rotatable bonds is 4. The first-order chi connectivity index (χ1) is 11.9. The van der Waals surface area contributed by atoms with E-state index >= 15 is 0 Å². The second kappa shape index (κ2) is 6.98. The number of nitrogens with one attached hydrogen (secondary N) is 1. The lowest BCUT2D eigenvalue weighted by molar-refractivity contribution is -0.133. The Balaban J connectivity index is 1.70. The Bertz CT molecular complexity index is 876. The highest BCUT2D eigenvalue weighted by Crippen LogP contribution is 2.19. The van der Waals surface area contributed by atoms with Crippen LogP contribution < -0.4 is 4.72 Å². The highest BCUT2D eigenvalue weighted by Gasteiger charge is 2.28. The van der Waals surface area contributed by atoms with Crippen LogP contribution >= 0.6 is 0 Å². The van der Waals surface area contributed by atoms with E-state index < -0.39 is 16.1 Å². The second-order valence-corrected chi connectivity index (χ2v) is 8.15. The number of hydrogen-bond acceptors (Lipinski definition) is 3. The highest BCUT2D eigenvalue weighted by molar-refractivity contribution is 7.89. The van der Waals surface area contributed by atoms with Gasteiger partial charge in [-0.25, -0.2) is 8.42 Å². The molecule has 1 amide bonds. The van der Waals surface area contributed by atoms with Crippen molar-refractivity contribution in [1.29, 1.82) is 0 Å². The van der Waals surface area contributed by atoms with Gasteiger partial charge in [0.25, 0.3) is 0 Å². The van der Waals surface area contributed by atoms with Crippen molar-refractivity contribution in [1.82, 2.24) is 9.62 Å². The first kappa shape index (κ1) is 17.6. The summed E-state index contributed by atoms with van der Waals surface area (Å²) in [6.45, 7) is 4.61. The van der Waals surface area contributed by atoms with Crippen molar-refractivity contribution in [3.63, 3.8) is 0 Å². The molecule has 0 bridgehead atoms. The highest BCUT2D eigenvalue weighted by atomic mass is 32.2. The zero-order chi connectivity index (χ0) is 18.0. The van der Waals surface area contributed by atoms with E-state index in [0.29, 0.717) is 13.1 Å². The Labute approximate surface area is 148 Å². The fraction of sp³-hybridized carbons (Fsp3) is 0.316. The van der Waals surface area contributed by atoms with E-state index in [1.165, 1.54) is 5.56 Å². The predicted octanol–water partition coefficient (Wildman–Crippen LogP) is 2.25. The molecule has 5 nitrogen and oxygen atoms in total. The molecule has 3 rings (SSSR count). The van der Waals surface area contributed by atoms with E-state index in [1.807, 2.05) is 25.1 Å². The molecule has 1 aliphatic heterocycles. The summed E-state index contributed by atoms with van der Waals surface area (Å²) in [5, 5.41) is 0. The molecule has 2 aromatic rings. The van der Waals surface area contributed by atoms with Gasteiger partial charge in [-0.2, -0.15) is 4.72 Å². The summed E-state index contributed by atoms with van der Waals surface area (Å²) in [5.41, 5.74) is 3.35. The SMILES string of the molecule is Cc1ccc(S(=O)(=O)N[C@H](C)C(=O)N2CCc3ccccc3C2)cc1. The molecule has 0 saturated carbocycles. The molecule has 1 heterocycles. The Hall–Kier alpha value is -2.18. The maximum atomic E-state index is 12.7. The molecule has 6 heteroatoms. The molecule has 0 saturated heterocycles. The van der Waals surface area contributed by atoms with E-state index in [1.54, 1.807) is 36.1 Å². The summed E-state index contributed by atoms with van der Waals surface area (Å²) in [4.78, 5) is 14.6. The summed E-state index contributed by atoms with van der Waals surface area (Å²) in [7, 11) is -3.72. The van der Waals surface area contributed by atoms with E-state index in [2.05, 4.69) is 10.8 Å². The van der Waals surface area contributed by atoms with Crippen LogP contribution in [-0.4, -0.2) is 31.8 Å². The molecule has 1 aliphatic rings. The van der Waals surface area contributed by atoms with Crippen molar-refractivity contribution in [3.05, 3.63) is 65.2 Å². The summed E-state index contributed by atoms with van der Waals surface area (Å²) in [6.07, 6.45) is 0.791. The van der Waals surface area contributed by atoms with E-state index in [9.17, 15) is 13.2 Å². The average Bonchev–Trinajstić information content (AvgIpc) is 2.60. The standard InChI is InChI=1S/C19H22N2O3S/c1-14-7-9-18(10-8-14)25(23,24)20-15(2)19(22)21-12-11-16-5-3-4-6-17(16)13-21/h3-10,15,20H,11-13H2,1-2H3/t15-/m1/s1. The third-order valence-corrected chi connectivity index (χ3v) is 6.03. The number of fused-ring (bicyclic) bond motifs is 1. The smallest absolute Gasteiger partial charge is 0.241 e. The molecular weight excluding hydrogens is 336 g/mol. The molecule has 0 unspecified atom stereocenters. The van der Waals surface area contributed by atoms with Crippen LogP contribution in [-0.2, 0) is 27.8 Å². The van der Waals surface area contributed by atoms with E-state index in [0.717, 1.165) is 17.5 Å². The maximum Gasteiger partial charge on any atom is 0.241 e. The molecule has 0 aliphatic carbocycles. The predicted molar refractivity (Wildman–Crippen MR) is 96.5 cm³/mol. The van der Waals surface area contributed by atoms with Crippen molar-refractivity contribution in [2.45, 2.75) is 37.8 Å². The van der Waals surface area contributed by atoms with Crippen LogP contribution in [0.5, 0.6) is 0 Å². The molecule has 0 spiro atoms. The van der Waals surface area contributed by atoms with Crippen LogP contribution in [0.1, 0.15) is 23.6 Å². The van der Waals surface area contributed by atoms with Gasteiger partial charge in [-0.05, 0) is 43.5 Å². The lowest BCUT2D eigenvalue weighted by Crippen LogP contribution is -2.48. The van der Waals surface area contributed by atoms with Crippen molar-refractivity contribution in [2.75, 3.05) is 6.54 Å². The van der Waals surface area contributed by atoms with Crippen molar-refractivity contribution in [3.8, 4) is 0 Å². The third kappa shape index (κ3) is 3.91. The topological polar surface area (TPSA) is 66.5 Å². The fourth-order valence-electron chi connectivity index (χ4n) is 3.03. The molecule has 0 radical (unpaired) electrons. The number of benzene rings is 2. The van der Waals surface area contributed by atoms with Gasteiger partial charge in [0.05, 0.1) is 10.9 Å². The molecule has 0 fully saturated rings. The van der Waals surface area contributed by atoms with Gasteiger partial charge in [-0.15, -0.1) is 0 Å². The number of aryl methyl sites for hydroxylation is 1. The van der Waals surface area contributed by atoms with Crippen LogP contribution in [0.15, 0.2) is 53.4 Å². The van der Waals surface area contributed by atoms with Crippen LogP contribution in [0.2, 0.25) is 0 Å². The molecule has 1 atom stereocenters. The van der Waals surface area contributed by atoms with Gasteiger partial charge in [0.1, 0.15) is 0 Å². The monoisotopic (exact) mass is 358 g/mol. The number of carbonyl (C=O) groups excluding carboxylic acids is 1. The Morgan fingerprint density at radius 3 is 2.40 bits per heavy atom. The number of amides is 1. The van der Waals surface area contributed by atoms with E-state index in [4.69, 9.17) is 0 Å². The number of sulfonamides is 1. The van der Waals surface area contributed by atoms with Crippen molar-refractivity contribution >= 4 is 15.9 Å². The largest absolute Gasteiger partial charge is 0.337 e. The average molecular weight is 358 g/mol. The second-order valence-electron chi connectivity index (χ2n) is 6.43. The van der Waals surface area contributed by atoms with Gasteiger partial charge in [0.15, 0.2) is 0 Å². The minimum atomic E-state index is -3.72. The molecular formula is C19H22N2O3S.